The molecular weight excluding hydrogens is 594 g/mol. The summed E-state index contributed by atoms with van der Waals surface area (Å²) in [7, 11) is -2.48. The van der Waals surface area contributed by atoms with Gasteiger partial charge in [0.1, 0.15) is 11.6 Å². The molecule has 3 aromatic rings. The fourth-order valence-electron chi connectivity index (χ4n) is 4.27. The Bertz CT molecular complexity index is 1510. The second kappa shape index (κ2) is 17.8. The van der Waals surface area contributed by atoms with Crippen LogP contribution >= 0.6 is 0 Å². The fraction of sp³-hybridized carbons (Fsp3) is 0.323. The van der Waals surface area contributed by atoms with E-state index >= 15 is 0 Å². The molecule has 3 aromatic carbocycles. The van der Waals surface area contributed by atoms with Crippen molar-refractivity contribution in [2.45, 2.75) is 49.8 Å². The molecule has 0 unspecified atom stereocenters. The molecule has 0 aromatic heterocycles. The number of sulfonamides is 1. The predicted molar refractivity (Wildman–Crippen MR) is 160 cm³/mol. The number of hydrogen-bond acceptors (Lipinski definition) is 7. The molecule has 0 saturated heterocycles. The number of carboxylic acid groups (broad SMARTS) is 1. The Kier molecular flexibility index (Phi) is 14.5. The normalized spacial score (nSPS) is 12.4. The molecule has 0 bridgehead atoms. The Morgan fingerprint density at radius 3 is 2.25 bits per heavy atom. The Morgan fingerprint density at radius 1 is 1.05 bits per heavy atom. The van der Waals surface area contributed by atoms with Crippen molar-refractivity contribution in [2.24, 2.45) is 0 Å². The number of nitrogens with one attached hydrogen (secondary N) is 2. The minimum atomic E-state index is -3.85. The lowest BCUT2D eigenvalue weighted by molar-refractivity contribution is -0.122. The lowest BCUT2D eigenvalue weighted by atomic mass is 10.00. The molecule has 0 heterocycles. The number of benzene rings is 3. The number of aryl methyl sites for hydroxylation is 1. The molecule has 1 amide bonds. The lowest BCUT2D eigenvalue weighted by Gasteiger charge is -2.25. The maximum Gasteiger partial charge on any atom is 0.290 e. The molecule has 0 fully saturated rings. The van der Waals surface area contributed by atoms with Crippen LogP contribution in [0.15, 0.2) is 71.6 Å². The maximum absolute atomic E-state index is 13.8. The maximum atomic E-state index is 13.8. The monoisotopic (exact) mass is 630 g/mol. The summed E-state index contributed by atoms with van der Waals surface area (Å²) in [5.41, 5.74) is 2.59. The van der Waals surface area contributed by atoms with Gasteiger partial charge in [-0.15, -0.1) is 0 Å². The van der Waals surface area contributed by atoms with Crippen LogP contribution in [0, 0.1) is 23.0 Å². The van der Waals surface area contributed by atoms with E-state index in [1.54, 1.807) is 0 Å². The molecule has 0 radical (unpaired) electrons. The summed E-state index contributed by atoms with van der Waals surface area (Å²) in [4.78, 5) is 21.4. The average molecular weight is 631 g/mol. The number of aliphatic hydroxyl groups is 1. The quantitative estimate of drug-likeness (QED) is 0.198. The van der Waals surface area contributed by atoms with Crippen LogP contribution in [0.25, 0.3) is 0 Å². The van der Waals surface area contributed by atoms with Crippen molar-refractivity contribution < 1.29 is 37.0 Å². The highest BCUT2D eigenvalue weighted by Crippen LogP contribution is 2.17. The number of nitriles is 1. The van der Waals surface area contributed by atoms with E-state index < -0.39 is 39.7 Å². The number of carbonyl (C=O) groups excluding carboxylic acids is 1. The van der Waals surface area contributed by atoms with Crippen LogP contribution in [0.1, 0.15) is 40.4 Å². The number of hydrogen-bond donors (Lipinski definition) is 4. The molecule has 0 aliphatic carbocycles. The zero-order valence-electron chi connectivity index (χ0n) is 24.4. The van der Waals surface area contributed by atoms with Gasteiger partial charge in [-0.1, -0.05) is 31.2 Å². The van der Waals surface area contributed by atoms with Gasteiger partial charge in [-0.2, -0.15) is 9.57 Å². The Balaban J connectivity index is 0.00000216. The first-order chi connectivity index (χ1) is 20.9. The summed E-state index contributed by atoms with van der Waals surface area (Å²) in [5, 5.41) is 32.5. The van der Waals surface area contributed by atoms with Gasteiger partial charge >= 0.3 is 0 Å². The number of rotatable bonds is 14. The lowest BCUT2D eigenvalue weighted by Crippen LogP contribution is -2.48. The van der Waals surface area contributed by atoms with Crippen LogP contribution in [0.5, 0.6) is 0 Å². The average Bonchev–Trinajstić information content (AvgIpc) is 2.99. The molecule has 13 heteroatoms. The van der Waals surface area contributed by atoms with Crippen molar-refractivity contribution in [1.29, 1.82) is 5.26 Å². The van der Waals surface area contributed by atoms with Crippen molar-refractivity contribution in [3.8, 4) is 6.07 Å². The van der Waals surface area contributed by atoms with E-state index in [-0.39, 0.29) is 48.4 Å². The van der Waals surface area contributed by atoms with E-state index in [4.69, 9.17) is 15.2 Å². The third kappa shape index (κ3) is 11.1. The molecular formula is C31H36F2N4O6S. The smallest absolute Gasteiger partial charge is 0.290 e. The largest absolute Gasteiger partial charge is 0.483 e. The van der Waals surface area contributed by atoms with Crippen LogP contribution in [0.3, 0.4) is 0 Å². The van der Waals surface area contributed by atoms with Gasteiger partial charge in [-0.25, -0.2) is 17.2 Å². The molecule has 3 rings (SSSR count). The van der Waals surface area contributed by atoms with Crippen molar-refractivity contribution >= 4 is 22.4 Å². The van der Waals surface area contributed by atoms with Crippen molar-refractivity contribution in [1.82, 2.24) is 14.9 Å². The van der Waals surface area contributed by atoms with Crippen LogP contribution in [0.4, 0.5) is 8.78 Å². The highest BCUT2D eigenvalue weighted by molar-refractivity contribution is 7.89. The van der Waals surface area contributed by atoms with Crippen LogP contribution < -0.4 is 10.6 Å². The number of aliphatic hydroxyl groups excluding tert-OH is 1. The van der Waals surface area contributed by atoms with E-state index in [0.717, 1.165) is 34.5 Å². The summed E-state index contributed by atoms with van der Waals surface area (Å²) >= 11 is 0. The number of carbonyl (C=O) groups is 2. The molecule has 236 valence electrons. The number of nitrogens with zero attached hydrogens (tertiary/aromatic N) is 2. The summed E-state index contributed by atoms with van der Waals surface area (Å²) in [6.07, 6.45) is -0.243. The zero-order chi connectivity index (χ0) is 32.7. The standard InChI is InChI=1S/C30H34F2N4O4S.CH2O2/c1-3-21-6-4-7-22(14-21)19-34-20-29(37)28(17-23-15-25(31)18-26(32)16-23)35-30(38)24-8-10-27(11-9-24)41(39,40)36(2)13-5-12-33;2-1-3/h4,6-11,14-16,18,28-29,34,37H,3,5,13,17,19-20H2,1-2H3,(H,35,38);1H,(H,2,3)/t28-,29+;/m0./s1. The van der Waals surface area contributed by atoms with Gasteiger partial charge in [0.2, 0.25) is 10.0 Å². The molecule has 0 aliphatic rings. The highest BCUT2D eigenvalue weighted by Gasteiger charge is 2.24. The highest BCUT2D eigenvalue weighted by atomic mass is 32.2. The predicted octanol–water partition coefficient (Wildman–Crippen LogP) is 3.25. The van der Waals surface area contributed by atoms with Gasteiger partial charge in [-0.05, 0) is 65.9 Å². The van der Waals surface area contributed by atoms with Crippen molar-refractivity contribution in [2.75, 3.05) is 20.1 Å². The third-order valence-corrected chi connectivity index (χ3v) is 8.48. The minimum absolute atomic E-state index is 0.0272. The molecule has 0 saturated carbocycles. The van der Waals surface area contributed by atoms with E-state index in [2.05, 4.69) is 23.6 Å². The summed E-state index contributed by atoms with van der Waals surface area (Å²) in [6, 6.07) is 17.2. The Morgan fingerprint density at radius 2 is 1.66 bits per heavy atom. The summed E-state index contributed by atoms with van der Waals surface area (Å²) in [6.45, 7) is 2.39. The zero-order valence-corrected chi connectivity index (χ0v) is 25.2. The number of halogens is 2. The van der Waals surface area contributed by atoms with Gasteiger partial charge in [-0.3, -0.25) is 9.59 Å². The van der Waals surface area contributed by atoms with E-state index in [1.165, 1.54) is 36.9 Å². The van der Waals surface area contributed by atoms with Crippen LogP contribution in [-0.2, 0) is 34.2 Å². The summed E-state index contributed by atoms with van der Waals surface area (Å²) in [5.74, 6) is -2.14. The Hall–Kier alpha value is -4.22. The number of amides is 1. The van der Waals surface area contributed by atoms with Gasteiger partial charge in [0.15, 0.2) is 0 Å². The van der Waals surface area contributed by atoms with Crippen molar-refractivity contribution in [3.05, 3.63) is 101 Å². The van der Waals surface area contributed by atoms with Crippen LogP contribution in [-0.4, -0.2) is 67.6 Å². The first-order valence-electron chi connectivity index (χ1n) is 13.7. The molecule has 0 spiro atoms. The van der Waals surface area contributed by atoms with E-state index in [0.29, 0.717) is 6.54 Å². The third-order valence-electron chi connectivity index (χ3n) is 6.60. The van der Waals surface area contributed by atoms with Crippen LogP contribution in [0.2, 0.25) is 0 Å². The SMILES string of the molecule is CCc1cccc(CNC[C@@H](O)[C@H](Cc2cc(F)cc(F)c2)NC(=O)c2ccc(S(=O)(=O)N(C)CCC#N)cc2)c1.O=CO. The van der Waals surface area contributed by atoms with Gasteiger partial charge in [0.25, 0.3) is 12.4 Å². The van der Waals surface area contributed by atoms with Gasteiger partial charge in [0.05, 0.1) is 23.1 Å². The fourth-order valence-corrected chi connectivity index (χ4v) is 5.44. The first-order valence-corrected chi connectivity index (χ1v) is 15.1. The van der Waals surface area contributed by atoms with Gasteiger partial charge in [0, 0.05) is 44.7 Å². The van der Waals surface area contributed by atoms with E-state index in [9.17, 15) is 27.1 Å². The minimum Gasteiger partial charge on any atom is -0.483 e. The topological polar surface area (TPSA) is 160 Å². The summed E-state index contributed by atoms with van der Waals surface area (Å²) < 4.78 is 54.1. The molecule has 4 N–H and O–H groups in total. The molecule has 2 atom stereocenters. The second-order valence-electron chi connectivity index (χ2n) is 9.80. The second-order valence-corrected chi connectivity index (χ2v) is 11.8. The molecule has 10 nitrogen and oxygen atoms in total. The molecule has 44 heavy (non-hydrogen) atoms. The Labute approximate surface area is 256 Å². The first kappa shape index (κ1) is 36.0. The van der Waals surface area contributed by atoms with E-state index in [1.807, 2.05) is 24.3 Å². The van der Waals surface area contributed by atoms with Gasteiger partial charge < -0.3 is 20.8 Å². The van der Waals surface area contributed by atoms with Crippen molar-refractivity contribution in [3.63, 3.8) is 0 Å². The molecule has 0 aliphatic heterocycles.